The van der Waals surface area contributed by atoms with Crippen LogP contribution in [0.3, 0.4) is 0 Å². The number of thioether (sulfide) groups is 1. The monoisotopic (exact) mass is 326 g/mol. The highest BCUT2D eigenvalue weighted by atomic mass is 32.2. The quantitative estimate of drug-likeness (QED) is 0.750. The van der Waals surface area contributed by atoms with Gasteiger partial charge in [0.25, 0.3) is 0 Å². The number of carboxylic acids is 1. The highest BCUT2D eigenvalue weighted by Gasteiger charge is 2.27. The number of rotatable bonds is 3. The van der Waals surface area contributed by atoms with Crippen LogP contribution in [0.5, 0.6) is 0 Å². The fraction of sp³-hybridized carbons (Fsp3) is 0.278. The minimum atomic E-state index is -0.942. The minimum Gasteiger partial charge on any atom is -0.478 e. The lowest BCUT2D eigenvalue weighted by Gasteiger charge is -2.32. The third-order valence-electron chi connectivity index (χ3n) is 4.07. The van der Waals surface area contributed by atoms with E-state index in [0.29, 0.717) is 5.69 Å². The van der Waals surface area contributed by atoms with Gasteiger partial charge in [-0.3, -0.25) is 0 Å². The topological polar surface area (TPSA) is 62.0 Å². The Balaban J connectivity index is 1.84. The van der Waals surface area contributed by atoms with Crippen LogP contribution in [0, 0.1) is 0 Å². The Labute approximate surface area is 139 Å². The first-order valence-electron chi connectivity index (χ1n) is 7.48. The summed E-state index contributed by atoms with van der Waals surface area (Å²) in [7, 11) is 0. The molecule has 5 heteroatoms. The molecule has 23 heavy (non-hydrogen) atoms. The zero-order valence-corrected chi connectivity index (χ0v) is 13.9. The van der Waals surface area contributed by atoms with E-state index in [4.69, 9.17) is 5.11 Å². The molecule has 0 unspecified atom stereocenters. The molecule has 0 aromatic heterocycles. The smallest absolute Gasteiger partial charge is 0.335 e. The van der Waals surface area contributed by atoms with Crippen molar-refractivity contribution in [2.75, 3.05) is 5.75 Å². The van der Waals surface area contributed by atoms with Crippen molar-refractivity contribution in [1.29, 1.82) is 0 Å². The minimum absolute atomic E-state index is 0.162. The number of benzene rings is 2. The lowest BCUT2D eigenvalue weighted by molar-refractivity contribution is 0.0697. The first kappa shape index (κ1) is 15.7. The normalized spacial score (nSPS) is 16.3. The van der Waals surface area contributed by atoms with E-state index in [-0.39, 0.29) is 11.0 Å². The molecule has 4 nitrogen and oxygen atoms in total. The maximum Gasteiger partial charge on any atom is 0.335 e. The first-order valence-corrected chi connectivity index (χ1v) is 8.47. The van der Waals surface area contributed by atoms with Crippen LogP contribution in [0.25, 0.3) is 0 Å². The van der Waals surface area contributed by atoms with Crippen molar-refractivity contribution in [3.8, 4) is 0 Å². The molecule has 0 aliphatic carbocycles. The third kappa shape index (κ3) is 3.45. The number of carboxylic acid groups (broad SMARTS) is 1. The van der Waals surface area contributed by atoms with Crippen molar-refractivity contribution < 1.29 is 9.90 Å². The van der Waals surface area contributed by atoms with E-state index in [9.17, 15) is 4.79 Å². The molecule has 0 atom stereocenters. The van der Waals surface area contributed by atoms with Crippen LogP contribution in [-0.2, 0) is 5.41 Å². The number of azo groups is 1. The molecular weight excluding hydrogens is 308 g/mol. The lowest BCUT2D eigenvalue weighted by atomic mass is 9.81. The zero-order chi connectivity index (χ0) is 16.4. The van der Waals surface area contributed by atoms with E-state index in [1.165, 1.54) is 22.6 Å². The van der Waals surface area contributed by atoms with E-state index in [0.717, 1.165) is 17.9 Å². The highest BCUT2D eigenvalue weighted by Crippen LogP contribution is 2.42. The van der Waals surface area contributed by atoms with Crippen molar-refractivity contribution in [2.45, 2.75) is 30.6 Å². The van der Waals surface area contributed by atoms with Gasteiger partial charge in [-0.15, -0.1) is 11.8 Å². The van der Waals surface area contributed by atoms with Gasteiger partial charge < -0.3 is 5.11 Å². The van der Waals surface area contributed by atoms with Gasteiger partial charge in [0.05, 0.1) is 16.9 Å². The highest BCUT2D eigenvalue weighted by molar-refractivity contribution is 7.99. The van der Waals surface area contributed by atoms with Gasteiger partial charge >= 0.3 is 5.97 Å². The third-order valence-corrected chi connectivity index (χ3v) is 5.15. The van der Waals surface area contributed by atoms with Crippen molar-refractivity contribution in [1.82, 2.24) is 0 Å². The molecule has 3 rings (SSSR count). The van der Waals surface area contributed by atoms with E-state index in [1.807, 2.05) is 17.8 Å². The maximum absolute atomic E-state index is 10.8. The molecule has 1 heterocycles. The molecule has 1 aliphatic rings. The second-order valence-electron chi connectivity index (χ2n) is 6.21. The van der Waals surface area contributed by atoms with Crippen LogP contribution in [-0.4, -0.2) is 16.8 Å². The van der Waals surface area contributed by atoms with Crippen molar-refractivity contribution in [2.24, 2.45) is 10.2 Å². The van der Waals surface area contributed by atoms with Gasteiger partial charge in [-0.1, -0.05) is 13.8 Å². The van der Waals surface area contributed by atoms with Crippen LogP contribution in [0.4, 0.5) is 11.4 Å². The summed E-state index contributed by atoms with van der Waals surface area (Å²) in [6.45, 7) is 4.52. The molecule has 1 N–H and O–H groups in total. The van der Waals surface area contributed by atoms with Gasteiger partial charge in [0.2, 0.25) is 0 Å². The number of fused-ring (bicyclic) bond motifs is 1. The summed E-state index contributed by atoms with van der Waals surface area (Å²) in [6.07, 6.45) is 1.15. The summed E-state index contributed by atoms with van der Waals surface area (Å²) < 4.78 is 0. The van der Waals surface area contributed by atoms with Gasteiger partial charge in [0, 0.05) is 4.90 Å². The Morgan fingerprint density at radius 2 is 1.74 bits per heavy atom. The molecule has 0 saturated carbocycles. The van der Waals surface area contributed by atoms with Crippen LogP contribution in [0.2, 0.25) is 0 Å². The molecule has 2 aromatic rings. The van der Waals surface area contributed by atoms with Crippen molar-refractivity contribution in [3.05, 3.63) is 53.6 Å². The lowest BCUT2D eigenvalue weighted by Crippen LogP contribution is -2.22. The van der Waals surface area contributed by atoms with E-state index in [2.05, 4.69) is 36.2 Å². The van der Waals surface area contributed by atoms with E-state index >= 15 is 0 Å². The molecule has 0 fully saturated rings. The molecule has 0 radical (unpaired) electrons. The van der Waals surface area contributed by atoms with Gasteiger partial charge in [-0.2, -0.15) is 10.2 Å². The fourth-order valence-electron chi connectivity index (χ4n) is 2.57. The molecule has 1 aliphatic heterocycles. The average molecular weight is 326 g/mol. The van der Waals surface area contributed by atoms with Crippen LogP contribution in [0.1, 0.15) is 36.2 Å². The summed E-state index contributed by atoms with van der Waals surface area (Å²) in [5.74, 6) is 0.208. The predicted octanol–water partition coefficient (Wildman–Crippen LogP) is 5.57. The summed E-state index contributed by atoms with van der Waals surface area (Å²) in [6, 6.07) is 12.6. The van der Waals surface area contributed by atoms with E-state index < -0.39 is 5.97 Å². The Kier molecular flexibility index (Phi) is 4.22. The standard InChI is InChI=1S/C18H18N2O2S/c1-18(2)9-10-23-16-8-7-14(11-15(16)18)20-19-13-5-3-12(4-6-13)17(21)22/h3-8,11H,9-10H2,1-2H3,(H,21,22). The Hall–Kier alpha value is -2.14. The Morgan fingerprint density at radius 3 is 2.43 bits per heavy atom. The van der Waals surface area contributed by atoms with Crippen molar-refractivity contribution in [3.63, 3.8) is 0 Å². The number of nitrogens with zero attached hydrogens (tertiary/aromatic N) is 2. The molecular formula is C18H18N2O2S. The Morgan fingerprint density at radius 1 is 1.09 bits per heavy atom. The molecule has 2 aromatic carbocycles. The zero-order valence-electron chi connectivity index (χ0n) is 13.1. The molecule has 0 amide bonds. The number of hydrogen-bond acceptors (Lipinski definition) is 4. The van der Waals surface area contributed by atoms with Gasteiger partial charge in [0.15, 0.2) is 0 Å². The maximum atomic E-state index is 10.8. The van der Waals surface area contributed by atoms with Crippen LogP contribution in [0.15, 0.2) is 57.6 Å². The summed E-state index contributed by atoms with van der Waals surface area (Å²) >= 11 is 1.89. The second kappa shape index (κ2) is 6.16. The van der Waals surface area contributed by atoms with Gasteiger partial charge in [-0.05, 0) is 65.6 Å². The molecule has 0 saturated heterocycles. The summed E-state index contributed by atoms with van der Waals surface area (Å²) in [4.78, 5) is 12.2. The number of hydrogen-bond donors (Lipinski definition) is 1. The van der Waals surface area contributed by atoms with Crippen molar-refractivity contribution >= 4 is 29.1 Å². The van der Waals surface area contributed by atoms with Crippen LogP contribution < -0.4 is 0 Å². The fourth-order valence-corrected chi connectivity index (χ4v) is 4.06. The molecule has 0 spiro atoms. The average Bonchev–Trinajstić information content (AvgIpc) is 2.53. The molecule has 118 valence electrons. The van der Waals surface area contributed by atoms with Gasteiger partial charge in [0.1, 0.15) is 0 Å². The molecule has 0 bridgehead atoms. The second-order valence-corrected chi connectivity index (χ2v) is 7.35. The Bertz CT molecular complexity index is 767. The first-order chi connectivity index (χ1) is 11.0. The van der Waals surface area contributed by atoms with Gasteiger partial charge in [-0.25, -0.2) is 4.79 Å². The summed E-state index contributed by atoms with van der Waals surface area (Å²) in [5.41, 5.74) is 3.20. The summed E-state index contributed by atoms with van der Waals surface area (Å²) in [5, 5.41) is 17.4. The van der Waals surface area contributed by atoms with E-state index in [1.54, 1.807) is 12.1 Å². The van der Waals surface area contributed by atoms with Crippen LogP contribution >= 0.6 is 11.8 Å². The number of carbonyl (C=O) groups is 1. The predicted molar refractivity (Wildman–Crippen MR) is 92.4 cm³/mol. The number of aromatic carboxylic acids is 1. The SMILES string of the molecule is CC1(C)CCSc2ccc(N=Nc3ccc(C(=O)O)cc3)cc21. The largest absolute Gasteiger partial charge is 0.478 e.